The van der Waals surface area contributed by atoms with Gasteiger partial charge in [0.05, 0.1) is 7.11 Å². The lowest BCUT2D eigenvalue weighted by Crippen LogP contribution is -2.23. The molecular weight excluding hydrogens is 360 g/mol. The van der Waals surface area contributed by atoms with E-state index in [0.29, 0.717) is 18.7 Å². The summed E-state index contributed by atoms with van der Waals surface area (Å²) in [6.07, 6.45) is 0.418. The van der Waals surface area contributed by atoms with Crippen molar-refractivity contribution in [3.05, 3.63) is 66.0 Å². The van der Waals surface area contributed by atoms with Gasteiger partial charge < -0.3 is 10.1 Å². The van der Waals surface area contributed by atoms with Gasteiger partial charge in [-0.2, -0.15) is 0 Å². The standard InChI is InChI=1S/C20H22N4O2S/c1-15-22-23-20(24(15)17-6-4-3-5-7-17)27-13-12-19(25)21-14-16-8-10-18(26-2)11-9-16/h3-11H,12-14H2,1-2H3,(H,21,25). The number of nitrogens with one attached hydrogen (secondary N) is 1. The van der Waals surface area contributed by atoms with Crippen molar-refractivity contribution in [2.75, 3.05) is 12.9 Å². The number of carbonyl (C=O) groups is 1. The Morgan fingerprint density at radius 1 is 1.11 bits per heavy atom. The van der Waals surface area contributed by atoms with Crippen molar-refractivity contribution >= 4 is 17.7 Å². The van der Waals surface area contributed by atoms with Gasteiger partial charge in [0.25, 0.3) is 0 Å². The highest BCUT2D eigenvalue weighted by atomic mass is 32.2. The van der Waals surface area contributed by atoms with E-state index in [1.54, 1.807) is 7.11 Å². The van der Waals surface area contributed by atoms with E-state index in [2.05, 4.69) is 15.5 Å². The van der Waals surface area contributed by atoms with Gasteiger partial charge in [0.15, 0.2) is 5.16 Å². The van der Waals surface area contributed by atoms with E-state index in [-0.39, 0.29) is 5.91 Å². The summed E-state index contributed by atoms with van der Waals surface area (Å²) in [5, 5.41) is 12.1. The lowest BCUT2D eigenvalue weighted by Gasteiger charge is -2.08. The van der Waals surface area contributed by atoms with Crippen LogP contribution in [0.15, 0.2) is 59.8 Å². The van der Waals surface area contributed by atoms with Crippen LogP contribution in [0.5, 0.6) is 5.75 Å². The topological polar surface area (TPSA) is 69.0 Å². The van der Waals surface area contributed by atoms with Crippen molar-refractivity contribution in [3.8, 4) is 11.4 Å². The third-order valence-electron chi connectivity index (χ3n) is 4.02. The summed E-state index contributed by atoms with van der Waals surface area (Å²) < 4.78 is 7.13. The highest BCUT2D eigenvalue weighted by molar-refractivity contribution is 7.99. The molecule has 1 heterocycles. The average Bonchev–Trinajstić information content (AvgIpc) is 3.08. The Morgan fingerprint density at radius 3 is 2.56 bits per heavy atom. The Hall–Kier alpha value is -2.80. The molecular formula is C20H22N4O2S. The number of carbonyl (C=O) groups excluding carboxylic acids is 1. The molecule has 0 spiro atoms. The second-order valence-electron chi connectivity index (χ2n) is 5.92. The van der Waals surface area contributed by atoms with Crippen LogP contribution in [0.1, 0.15) is 17.8 Å². The predicted octanol–water partition coefficient (Wildman–Crippen LogP) is 3.38. The quantitative estimate of drug-likeness (QED) is 0.605. The van der Waals surface area contributed by atoms with Crippen LogP contribution in [-0.2, 0) is 11.3 Å². The second-order valence-corrected chi connectivity index (χ2v) is 6.99. The zero-order chi connectivity index (χ0) is 19.1. The lowest BCUT2D eigenvalue weighted by atomic mass is 10.2. The fourth-order valence-electron chi connectivity index (χ4n) is 2.58. The Morgan fingerprint density at radius 2 is 1.85 bits per heavy atom. The van der Waals surface area contributed by atoms with Crippen LogP contribution in [0, 0.1) is 6.92 Å². The van der Waals surface area contributed by atoms with Crippen LogP contribution in [-0.4, -0.2) is 33.5 Å². The first kappa shape index (κ1) is 19.0. The number of amides is 1. The maximum Gasteiger partial charge on any atom is 0.221 e. The smallest absolute Gasteiger partial charge is 0.221 e. The van der Waals surface area contributed by atoms with Crippen LogP contribution >= 0.6 is 11.8 Å². The summed E-state index contributed by atoms with van der Waals surface area (Å²) in [7, 11) is 1.63. The molecule has 140 valence electrons. The van der Waals surface area contributed by atoms with Gasteiger partial charge in [-0.25, -0.2) is 0 Å². The molecule has 1 amide bonds. The average molecular weight is 382 g/mol. The summed E-state index contributed by atoms with van der Waals surface area (Å²) in [5.74, 6) is 2.28. The van der Waals surface area contributed by atoms with Gasteiger partial charge in [-0.3, -0.25) is 9.36 Å². The molecule has 3 aromatic rings. The number of benzene rings is 2. The SMILES string of the molecule is COc1ccc(CNC(=O)CCSc2nnc(C)n2-c2ccccc2)cc1. The molecule has 7 heteroatoms. The largest absolute Gasteiger partial charge is 0.497 e. The monoisotopic (exact) mass is 382 g/mol. The van der Waals surface area contributed by atoms with E-state index >= 15 is 0 Å². The fourth-order valence-corrected chi connectivity index (χ4v) is 3.51. The van der Waals surface area contributed by atoms with E-state index in [1.807, 2.05) is 66.1 Å². The number of para-hydroxylation sites is 1. The molecule has 6 nitrogen and oxygen atoms in total. The zero-order valence-electron chi connectivity index (χ0n) is 15.4. The van der Waals surface area contributed by atoms with Gasteiger partial charge in [-0.1, -0.05) is 42.1 Å². The minimum Gasteiger partial charge on any atom is -0.497 e. The third kappa shape index (κ3) is 5.10. The van der Waals surface area contributed by atoms with Gasteiger partial charge >= 0.3 is 0 Å². The first-order chi connectivity index (χ1) is 13.2. The number of hydrogen-bond donors (Lipinski definition) is 1. The molecule has 0 bridgehead atoms. The van der Waals surface area contributed by atoms with E-state index in [9.17, 15) is 4.79 Å². The molecule has 27 heavy (non-hydrogen) atoms. The van der Waals surface area contributed by atoms with E-state index in [1.165, 1.54) is 11.8 Å². The summed E-state index contributed by atoms with van der Waals surface area (Å²) in [6.45, 7) is 2.43. The number of hydrogen-bond acceptors (Lipinski definition) is 5. The Kier molecular flexibility index (Phi) is 6.49. The summed E-state index contributed by atoms with van der Waals surface area (Å²) in [6, 6.07) is 17.6. The normalized spacial score (nSPS) is 10.6. The van der Waals surface area contributed by atoms with Gasteiger partial charge in [-0.15, -0.1) is 10.2 Å². The van der Waals surface area contributed by atoms with Crippen molar-refractivity contribution in [2.45, 2.75) is 25.0 Å². The number of aryl methyl sites for hydroxylation is 1. The van der Waals surface area contributed by atoms with Crippen molar-refractivity contribution in [2.24, 2.45) is 0 Å². The van der Waals surface area contributed by atoms with Crippen LogP contribution in [0.2, 0.25) is 0 Å². The summed E-state index contributed by atoms with van der Waals surface area (Å²) in [4.78, 5) is 12.1. The van der Waals surface area contributed by atoms with Gasteiger partial charge in [-0.05, 0) is 36.8 Å². The van der Waals surface area contributed by atoms with Crippen molar-refractivity contribution in [3.63, 3.8) is 0 Å². The minimum absolute atomic E-state index is 0.0146. The Bertz CT molecular complexity index is 879. The van der Waals surface area contributed by atoms with Gasteiger partial charge in [0.1, 0.15) is 11.6 Å². The summed E-state index contributed by atoms with van der Waals surface area (Å²) >= 11 is 1.53. The number of rotatable bonds is 8. The van der Waals surface area contributed by atoms with Crippen molar-refractivity contribution < 1.29 is 9.53 Å². The lowest BCUT2D eigenvalue weighted by molar-refractivity contribution is -0.120. The molecule has 0 fully saturated rings. The fraction of sp³-hybridized carbons (Fsp3) is 0.250. The highest BCUT2D eigenvalue weighted by Crippen LogP contribution is 2.22. The Labute approximate surface area is 163 Å². The first-order valence-corrected chi connectivity index (χ1v) is 9.66. The molecule has 0 atom stereocenters. The maximum atomic E-state index is 12.1. The van der Waals surface area contributed by atoms with Crippen molar-refractivity contribution in [1.82, 2.24) is 20.1 Å². The molecule has 0 radical (unpaired) electrons. The number of methoxy groups -OCH3 is 1. The van der Waals surface area contributed by atoms with Crippen LogP contribution < -0.4 is 10.1 Å². The molecule has 0 unspecified atom stereocenters. The molecule has 1 N–H and O–H groups in total. The van der Waals surface area contributed by atoms with Gasteiger partial charge in [0.2, 0.25) is 5.91 Å². The number of ether oxygens (including phenoxy) is 1. The number of aromatic nitrogens is 3. The summed E-state index contributed by atoms with van der Waals surface area (Å²) in [5.41, 5.74) is 2.06. The number of thioether (sulfide) groups is 1. The molecule has 1 aromatic heterocycles. The van der Waals surface area contributed by atoms with Gasteiger partial charge in [0, 0.05) is 24.4 Å². The van der Waals surface area contributed by atoms with E-state index in [4.69, 9.17) is 4.74 Å². The minimum atomic E-state index is 0.0146. The molecule has 3 rings (SSSR count). The molecule has 0 aliphatic rings. The zero-order valence-corrected chi connectivity index (χ0v) is 16.2. The third-order valence-corrected chi connectivity index (χ3v) is 4.95. The highest BCUT2D eigenvalue weighted by Gasteiger charge is 2.12. The maximum absolute atomic E-state index is 12.1. The van der Waals surface area contributed by atoms with Crippen LogP contribution in [0.3, 0.4) is 0 Å². The van der Waals surface area contributed by atoms with E-state index < -0.39 is 0 Å². The Balaban J connectivity index is 1.49. The van der Waals surface area contributed by atoms with Crippen LogP contribution in [0.4, 0.5) is 0 Å². The molecule has 0 saturated heterocycles. The first-order valence-electron chi connectivity index (χ1n) is 8.67. The van der Waals surface area contributed by atoms with E-state index in [0.717, 1.165) is 28.0 Å². The second kappa shape index (κ2) is 9.23. The van der Waals surface area contributed by atoms with Crippen LogP contribution in [0.25, 0.3) is 5.69 Å². The molecule has 0 saturated carbocycles. The molecule has 0 aliphatic heterocycles. The van der Waals surface area contributed by atoms with Crippen molar-refractivity contribution in [1.29, 1.82) is 0 Å². The predicted molar refractivity (Wildman–Crippen MR) is 106 cm³/mol. The molecule has 0 aliphatic carbocycles. The molecule has 2 aromatic carbocycles. The number of nitrogens with zero attached hydrogens (tertiary/aromatic N) is 3.